The van der Waals surface area contributed by atoms with Gasteiger partial charge < -0.3 is 12.6 Å². The number of rotatable bonds is 14. The van der Waals surface area contributed by atoms with Gasteiger partial charge in [-0.1, -0.05) is 96.8 Å². The quantitative estimate of drug-likeness (QED) is 0.271. The molecule has 0 N–H and O–H groups in total. The number of unbranched alkanes of at least 4 members (excludes halogenated alkanes) is 13. The molecule has 0 heterocycles. The molecule has 0 unspecified atom stereocenters. The predicted octanol–water partition coefficient (Wildman–Crippen LogP) is 6.01. The molecule has 0 atom stereocenters. The van der Waals surface area contributed by atoms with Crippen LogP contribution in [0.1, 0.15) is 96.8 Å². The van der Waals surface area contributed by atoms with Crippen molar-refractivity contribution in [3.8, 4) is 0 Å². The van der Waals surface area contributed by atoms with Crippen molar-refractivity contribution in [3.05, 3.63) is 0 Å². The normalized spacial score (nSPS) is 10.9. The van der Waals surface area contributed by atoms with Crippen LogP contribution >= 0.6 is 0 Å². The molecule has 0 rings (SSSR count). The summed E-state index contributed by atoms with van der Waals surface area (Å²) in [5.74, 6) is 0.956. The third kappa shape index (κ3) is 16.4. The molecule has 0 saturated carbocycles. The first kappa shape index (κ1) is 17.4. The molecule has 17 heavy (non-hydrogen) atoms. The number of hydrogen-bond acceptors (Lipinski definition) is 1. The van der Waals surface area contributed by atoms with Crippen molar-refractivity contribution in [2.24, 2.45) is 0 Å². The van der Waals surface area contributed by atoms with Gasteiger partial charge in [-0.15, -0.1) is 0 Å². The van der Waals surface area contributed by atoms with E-state index >= 15 is 0 Å². The van der Waals surface area contributed by atoms with Crippen LogP contribution in [0.15, 0.2) is 0 Å². The van der Waals surface area contributed by atoms with Gasteiger partial charge in [0.15, 0.2) is 0 Å². The maximum atomic E-state index is 4.94. The molecule has 0 aromatic carbocycles. The molecule has 0 amide bonds. The van der Waals surface area contributed by atoms with Crippen molar-refractivity contribution in [1.82, 2.24) is 0 Å². The predicted molar refractivity (Wildman–Crippen MR) is 82.5 cm³/mol. The molecule has 0 aromatic rings. The summed E-state index contributed by atoms with van der Waals surface area (Å²) in [6, 6.07) is 0. The van der Waals surface area contributed by atoms with Crippen molar-refractivity contribution in [3.63, 3.8) is 0 Å². The van der Waals surface area contributed by atoms with Gasteiger partial charge in [0.25, 0.3) is 0 Å². The first-order chi connectivity index (χ1) is 8.41. The fourth-order valence-electron chi connectivity index (χ4n) is 2.30. The molecule has 0 saturated heterocycles. The summed E-state index contributed by atoms with van der Waals surface area (Å²) in [7, 11) is 0. The van der Waals surface area contributed by atoms with Crippen molar-refractivity contribution < 1.29 is 0 Å². The van der Waals surface area contributed by atoms with Crippen LogP contribution in [0.4, 0.5) is 0 Å². The highest BCUT2D eigenvalue weighted by atomic mass is 32.1. The van der Waals surface area contributed by atoms with Gasteiger partial charge >= 0.3 is 0 Å². The van der Waals surface area contributed by atoms with E-state index in [4.69, 9.17) is 12.6 Å². The number of hydrogen-bond donors (Lipinski definition) is 0. The van der Waals surface area contributed by atoms with E-state index in [1.54, 1.807) is 0 Å². The Labute approximate surface area is 115 Å². The molecule has 0 nitrogen and oxygen atoms in total. The molecule has 0 radical (unpaired) electrons. The van der Waals surface area contributed by atoms with Gasteiger partial charge in [0, 0.05) is 0 Å². The molecule has 0 bridgehead atoms. The van der Waals surface area contributed by atoms with Crippen molar-refractivity contribution in [2.75, 3.05) is 5.75 Å². The SMILES string of the molecule is CCCCCCCCCCCCCCCC[S-]. The highest BCUT2D eigenvalue weighted by Crippen LogP contribution is 2.12. The monoisotopic (exact) mass is 257 g/mol. The summed E-state index contributed by atoms with van der Waals surface area (Å²) in [6.45, 7) is 2.29. The minimum absolute atomic E-state index is 0.956. The largest absolute Gasteiger partial charge is 0.793 e. The van der Waals surface area contributed by atoms with E-state index in [1.165, 1.54) is 89.9 Å². The maximum Gasteiger partial charge on any atom is -0.0533 e. The van der Waals surface area contributed by atoms with Crippen molar-refractivity contribution in [2.45, 2.75) is 96.8 Å². The fourth-order valence-corrected chi connectivity index (χ4v) is 2.50. The Morgan fingerprint density at radius 2 is 0.765 bits per heavy atom. The lowest BCUT2D eigenvalue weighted by Gasteiger charge is -2.04. The van der Waals surface area contributed by atoms with Gasteiger partial charge in [0.2, 0.25) is 0 Å². The Morgan fingerprint density at radius 1 is 0.471 bits per heavy atom. The van der Waals surface area contributed by atoms with Crippen LogP contribution in [0, 0.1) is 0 Å². The van der Waals surface area contributed by atoms with Crippen LogP contribution in [0.25, 0.3) is 0 Å². The molecule has 0 spiro atoms. The van der Waals surface area contributed by atoms with Crippen LogP contribution in [0.3, 0.4) is 0 Å². The lowest BCUT2D eigenvalue weighted by atomic mass is 10.0. The lowest BCUT2D eigenvalue weighted by Crippen LogP contribution is -1.84. The summed E-state index contributed by atoms with van der Waals surface area (Å²) < 4.78 is 0. The molecule has 0 aromatic heterocycles. The second-order valence-electron chi connectivity index (χ2n) is 5.30. The lowest BCUT2D eigenvalue weighted by molar-refractivity contribution is 0.538. The van der Waals surface area contributed by atoms with Gasteiger partial charge in [-0.05, 0) is 0 Å². The van der Waals surface area contributed by atoms with E-state index < -0.39 is 0 Å². The average molecular weight is 258 g/mol. The van der Waals surface area contributed by atoms with Crippen LogP contribution in [0.2, 0.25) is 0 Å². The van der Waals surface area contributed by atoms with Gasteiger partial charge in [0.05, 0.1) is 0 Å². The maximum absolute atomic E-state index is 4.94. The molecule has 0 fully saturated rings. The fraction of sp³-hybridized carbons (Fsp3) is 1.00. The van der Waals surface area contributed by atoms with E-state index in [1.807, 2.05) is 0 Å². The second kappa shape index (κ2) is 16.4. The summed E-state index contributed by atoms with van der Waals surface area (Å²) in [5.41, 5.74) is 0. The minimum atomic E-state index is 0.956. The molecule has 104 valence electrons. The average Bonchev–Trinajstić information content (AvgIpc) is 2.35. The van der Waals surface area contributed by atoms with Crippen LogP contribution in [-0.4, -0.2) is 5.75 Å². The van der Waals surface area contributed by atoms with Gasteiger partial charge in [0.1, 0.15) is 0 Å². The van der Waals surface area contributed by atoms with Gasteiger partial charge in [-0.2, -0.15) is 5.75 Å². The van der Waals surface area contributed by atoms with E-state index in [2.05, 4.69) is 6.92 Å². The van der Waals surface area contributed by atoms with E-state index in [-0.39, 0.29) is 0 Å². The van der Waals surface area contributed by atoms with Crippen LogP contribution in [0.5, 0.6) is 0 Å². The Hall–Kier alpha value is 0.350. The summed E-state index contributed by atoms with van der Waals surface area (Å²) in [6.07, 6.45) is 20.0. The molecule has 0 aliphatic heterocycles. The third-order valence-electron chi connectivity index (χ3n) is 3.50. The van der Waals surface area contributed by atoms with E-state index in [9.17, 15) is 0 Å². The highest BCUT2D eigenvalue weighted by Gasteiger charge is 1.92. The smallest absolute Gasteiger partial charge is 0.0533 e. The Bertz CT molecular complexity index is 109. The zero-order chi connectivity index (χ0) is 12.6. The first-order valence-electron chi connectivity index (χ1n) is 8.00. The third-order valence-corrected chi connectivity index (χ3v) is 3.79. The second-order valence-corrected chi connectivity index (χ2v) is 5.71. The minimum Gasteiger partial charge on any atom is -0.793 e. The molecular weight excluding hydrogens is 224 g/mol. The van der Waals surface area contributed by atoms with Crippen LogP contribution in [-0.2, 0) is 12.6 Å². The van der Waals surface area contributed by atoms with E-state index in [0.29, 0.717) is 0 Å². The molecule has 0 aliphatic carbocycles. The van der Waals surface area contributed by atoms with Crippen LogP contribution < -0.4 is 0 Å². The first-order valence-corrected chi connectivity index (χ1v) is 8.57. The zero-order valence-corrected chi connectivity index (χ0v) is 12.8. The Morgan fingerprint density at radius 3 is 1.06 bits per heavy atom. The van der Waals surface area contributed by atoms with Gasteiger partial charge in [-0.3, -0.25) is 0 Å². The topological polar surface area (TPSA) is 0 Å². The zero-order valence-electron chi connectivity index (χ0n) is 12.0. The molecular formula is C16H33S-. The van der Waals surface area contributed by atoms with Crippen molar-refractivity contribution >= 4 is 12.6 Å². The molecule has 1 heteroatoms. The van der Waals surface area contributed by atoms with Gasteiger partial charge in [-0.25, -0.2) is 0 Å². The van der Waals surface area contributed by atoms with E-state index in [0.717, 1.165) is 5.75 Å². The standard InChI is InChI=1S/C16H34S/c1-2-3-4-5-6-7-8-9-10-11-12-13-14-15-16-17/h17H,2-16H2,1H3/p-1. The van der Waals surface area contributed by atoms with Crippen molar-refractivity contribution in [1.29, 1.82) is 0 Å². The Balaban J connectivity index is 2.85. The Kier molecular flexibility index (Phi) is 16.7. The molecule has 0 aliphatic rings. The summed E-state index contributed by atoms with van der Waals surface area (Å²) in [4.78, 5) is 0. The summed E-state index contributed by atoms with van der Waals surface area (Å²) >= 11 is 4.94. The summed E-state index contributed by atoms with van der Waals surface area (Å²) in [5, 5.41) is 0. The highest BCUT2D eigenvalue weighted by molar-refractivity contribution is 7.58.